The van der Waals surface area contributed by atoms with Crippen molar-refractivity contribution in [1.29, 1.82) is 0 Å². The van der Waals surface area contributed by atoms with E-state index in [4.69, 9.17) is 4.74 Å². The van der Waals surface area contributed by atoms with Gasteiger partial charge in [0, 0.05) is 26.6 Å². The second-order valence-corrected chi connectivity index (χ2v) is 4.55. The molecule has 1 atom stereocenters. The normalized spacial score (nSPS) is 12.6. The quantitative estimate of drug-likeness (QED) is 0.779. The van der Waals surface area contributed by atoms with Crippen molar-refractivity contribution in [3.05, 3.63) is 16.5 Å². The number of aromatic nitrogens is 2. The highest BCUT2D eigenvalue weighted by Gasteiger charge is 2.12. The van der Waals surface area contributed by atoms with E-state index in [1.165, 1.54) is 0 Å². The van der Waals surface area contributed by atoms with E-state index >= 15 is 0 Å². The van der Waals surface area contributed by atoms with Crippen LogP contribution in [0.5, 0.6) is 0 Å². The van der Waals surface area contributed by atoms with Crippen molar-refractivity contribution in [2.75, 3.05) is 25.7 Å². The summed E-state index contributed by atoms with van der Waals surface area (Å²) in [7, 11) is 3.72. The first-order valence-corrected chi connectivity index (χ1v) is 6.13. The minimum Gasteiger partial charge on any atom is -0.383 e. The molecular weight excluding hydrogens is 270 g/mol. The molecule has 0 fully saturated rings. The smallest absolute Gasteiger partial charge is 0.133 e. The molecule has 1 unspecified atom stereocenters. The summed E-state index contributed by atoms with van der Waals surface area (Å²) in [5.74, 6) is 1.77. The van der Waals surface area contributed by atoms with Crippen molar-refractivity contribution < 1.29 is 4.74 Å². The van der Waals surface area contributed by atoms with Gasteiger partial charge in [-0.25, -0.2) is 9.97 Å². The van der Waals surface area contributed by atoms with Crippen molar-refractivity contribution in [3.8, 4) is 0 Å². The van der Waals surface area contributed by atoms with Gasteiger partial charge < -0.3 is 9.64 Å². The summed E-state index contributed by atoms with van der Waals surface area (Å²) in [5, 5.41) is 0. The topological polar surface area (TPSA) is 38.2 Å². The Bertz CT molecular complexity index is 346. The van der Waals surface area contributed by atoms with Gasteiger partial charge in [0.05, 0.1) is 12.6 Å². The minimum atomic E-state index is 0.288. The lowest BCUT2D eigenvalue weighted by atomic mass is 10.3. The minimum absolute atomic E-state index is 0.288. The lowest BCUT2D eigenvalue weighted by Gasteiger charge is -2.25. The summed E-state index contributed by atoms with van der Waals surface area (Å²) >= 11 is 3.40. The van der Waals surface area contributed by atoms with Gasteiger partial charge in [0.15, 0.2) is 0 Å². The monoisotopic (exact) mass is 287 g/mol. The molecule has 1 aromatic heterocycles. The molecule has 0 aliphatic carbocycles. The van der Waals surface area contributed by atoms with Crippen LogP contribution in [0.25, 0.3) is 0 Å². The fourth-order valence-electron chi connectivity index (χ4n) is 1.37. The summed E-state index contributed by atoms with van der Waals surface area (Å²) in [4.78, 5) is 10.9. The molecule has 1 heterocycles. The molecule has 0 aromatic carbocycles. The third-order valence-corrected chi connectivity index (χ3v) is 2.88. The van der Waals surface area contributed by atoms with Crippen LogP contribution in [-0.2, 0) is 11.2 Å². The Labute approximate surface area is 105 Å². The number of aryl methyl sites for hydroxylation is 1. The van der Waals surface area contributed by atoms with Crippen molar-refractivity contribution in [2.45, 2.75) is 26.3 Å². The molecule has 0 bridgehead atoms. The third kappa shape index (κ3) is 3.42. The molecule has 0 N–H and O–H groups in total. The van der Waals surface area contributed by atoms with Gasteiger partial charge in [-0.3, -0.25) is 0 Å². The standard InChI is InChI=1S/C11H18BrN3O/c1-5-10-13-9(12)6-11(14-10)15(3)8(2)7-16-4/h6,8H,5,7H2,1-4H3. The Balaban J connectivity index is 2.89. The van der Waals surface area contributed by atoms with Crippen LogP contribution in [0.3, 0.4) is 0 Å². The summed E-state index contributed by atoms with van der Waals surface area (Å²) in [6, 6.07) is 2.21. The number of nitrogens with zero attached hydrogens (tertiary/aromatic N) is 3. The number of rotatable bonds is 5. The van der Waals surface area contributed by atoms with Gasteiger partial charge in [-0.15, -0.1) is 0 Å². The molecular formula is C11H18BrN3O. The van der Waals surface area contributed by atoms with Gasteiger partial charge in [-0.05, 0) is 22.9 Å². The molecule has 1 aromatic rings. The van der Waals surface area contributed by atoms with E-state index < -0.39 is 0 Å². The Morgan fingerprint density at radius 2 is 2.19 bits per heavy atom. The van der Waals surface area contributed by atoms with Gasteiger partial charge in [0.2, 0.25) is 0 Å². The van der Waals surface area contributed by atoms with Crippen LogP contribution in [0.15, 0.2) is 10.7 Å². The average Bonchev–Trinajstić information content (AvgIpc) is 2.27. The number of likely N-dealkylation sites (N-methyl/N-ethyl adjacent to an activating group) is 1. The lowest BCUT2D eigenvalue weighted by Crippen LogP contribution is -2.33. The largest absolute Gasteiger partial charge is 0.383 e. The maximum Gasteiger partial charge on any atom is 0.133 e. The van der Waals surface area contributed by atoms with Gasteiger partial charge in [-0.2, -0.15) is 0 Å². The molecule has 5 heteroatoms. The van der Waals surface area contributed by atoms with Crippen molar-refractivity contribution in [3.63, 3.8) is 0 Å². The van der Waals surface area contributed by atoms with E-state index in [1.54, 1.807) is 7.11 Å². The molecule has 0 saturated heterocycles. The fourth-order valence-corrected chi connectivity index (χ4v) is 1.78. The predicted octanol–water partition coefficient (Wildman–Crippen LogP) is 2.27. The second kappa shape index (κ2) is 6.15. The lowest BCUT2D eigenvalue weighted by molar-refractivity contribution is 0.183. The van der Waals surface area contributed by atoms with E-state index in [0.29, 0.717) is 6.61 Å². The first-order valence-electron chi connectivity index (χ1n) is 5.33. The van der Waals surface area contributed by atoms with Gasteiger partial charge in [0.25, 0.3) is 0 Å². The van der Waals surface area contributed by atoms with Crippen LogP contribution in [0.2, 0.25) is 0 Å². The van der Waals surface area contributed by atoms with Crippen LogP contribution in [0.1, 0.15) is 19.7 Å². The number of anilines is 1. The highest BCUT2D eigenvalue weighted by atomic mass is 79.9. The maximum absolute atomic E-state index is 5.14. The van der Waals surface area contributed by atoms with Crippen LogP contribution < -0.4 is 4.90 Å². The van der Waals surface area contributed by atoms with E-state index in [9.17, 15) is 0 Å². The van der Waals surface area contributed by atoms with E-state index in [-0.39, 0.29) is 6.04 Å². The van der Waals surface area contributed by atoms with Crippen LogP contribution in [0.4, 0.5) is 5.82 Å². The highest BCUT2D eigenvalue weighted by Crippen LogP contribution is 2.17. The third-order valence-electron chi connectivity index (χ3n) is 2.47. The molecule has 0 amide bonds. The van der Waals surface area contributed by atoms with Crippen LogP contribution in [0, 0.1) is 0 Å². The van der Waals surface area contributed by atoms with Crippen molar-refractivity contribution in [2.24, 2.45) is 0 Å². The Morgan fingerprint density at radius 3 is 2.75 bits per heavy atom. The van der Waals surface area contributed by atoms with Crippen molar-refractivity contribution in [1.82, 2.24) is 9.97 Å². The SMILES string of the molecule is CCc1nc(Br)cc(N(C)C(C)COC)n1. The Kier molecular flexibility index (Phi) is 5.15. The first kappa shape index (κ1) is 13.4. The summed E-state index contributed by atoms with van der Waals surface area (Å²) in [6.45, 7) is 4.83. The van der Waals surface area contributed by atoms with Crippen LogP contribution >= 0.6 is 15.9 Å². The molecule has 16 heavy (non-hydrogen) atoms. The number of methoxy groups -OCH3 is 1. The molecule has 0 spiro atoms. The average molecular weight is 288 g/mol. The fraction of sp³-hybridized carbons (Fsp3) is 0.636. The van der Waals surface area contributed by atoms with Crippen LogP contribution in [-0.4, -0.2) is 36.8 Å². The van der Waals surface area contributed by atoms with Gasteiger partial charge in [-0.1, -0.05) is 6.92 Å². The van der Waals surface area contributed by atoms with E-state index in [0.717, 1.165) is 22.7 Å². The number of ether oxygens (including phenoxy) is 1. The highest BCUT2D eigenvalue weighted by molar-refractivity contribution is 9.10. The summed E-state index contributed by atoms with van der Waals surface area (Å²) in [6.07, 6.45) is 0.832. The first-order chi connectivity index (χ1) is 7.58. The zero-order chi connectivity index (χ0) is 12.1. The number of hydrogen-bond donors (Lipinski definition) is 0. The Morgan fingerprint density at radius 1 is 1.50 bits per heavy atom. The molecule has 4 nitrogen and oxygen atoms in total. The second-order valence-electron chi connectivity index (χ2n) is 3.73. The molecule has 0 saturated carbocycles. The molecule has 1 rings (SSSR count). The van der Waals surface area contributed by atoms with Crippen molar-refractivity contribution >= 4 is 21.7 Å². The zero-order valence-corrected chi connectivity index (χ0v) is 11.8. The summed E-state index contributed by atoms with van der Waals surface area (Å²) < 4.78 is 5.96. The van der Waals surface area contributed by atoms with E-state index in [1.807, 2.05) is 20.0 Å². The molecule has 0 aliphatic heterocycles. The molecule has 0 aliphatic rings. The predicted molar refractivity (Wildman–Crippen MR) is 68.9 cm³/mol. The number of halogens is 1. The van der Waals surface area contributed by atoms with Gasteiger partial charge in [0.1, 0.15) is 16.2 Å². The van der Waals surface area contributed by atoms with Gasteiger partial charge >= 0.3 is 0 Å². The maximum atomic E-state index is 5.14. The van der Waals surface area contributed by atoms with E-state index in [2.05, 4.69) is 37.7 Å². The Hall–Kier alpha value is -0.680. The summed E-state index contributed by atoms with van der Waals surface area (Å²) in [5.41, 5.74) is 0. The molecule has 90 valence electrons. The number of hydrogen-bond acceptors (Lipinski definition) is 4. The molecule has 0 radical (unpaired) electrons. The zero-order valence-electron chi connectivity index (χ0n) is 10.2.